The van der Waals surface area contributed by atoms with Gasteiger partial charge in [0, 0.05) is 44.7 Å². The number of hydrogen-bond donors (Lipinski definition) is 3. The van der Waals surface area contributed by atoms with E-state index >= 15 is 0 Å². The van der Waals surface area contributed by atoms with Crippen LogP contribution in [-0.4, -0.2) is 97.8 Å². The summed E-state index contributed by atoms with van der Waals surface area (Å²) in [6.45, 7) is 6.49. The lowest BCUT2D eigenvalue weighted by atomic mass is 9.55. The number of nitrogens with one attached hydrogen (secondary N) is 1. The Labute approximate surface area is 288 Å². The molecule has 0 aromatic heterocycles. The van der Waals surface area contributed by atoms with Gasteiger partial charge in [-0.05, 0) is 68.2 Å². The number of nitrogens with zero attached hydrogens (tertiary/aromatic N) is 2. The van der Waals surface area contributed by atoms with Crippen LogP contribution in [0.5, 0.6) is 11.5 Å². The van der Waals surface area contributed by atoms with Crippen LogP contribution < -0.4 is 14.8 Å². The minimum atomic E-state index is -1.40. The first-order valence-electron chi connectivity index (χ1n) is 16.8. The molecule has 1 aromatic carbocycles. The number of aliphatic hydroxyl groups excluding tert-OH is 2. The van der Waals surface area contributed by atoms with E-state index in [4.69, 9.17) is 35.4 Å². The zero-order valence-corrected chi connectivity index (χ0v) is 29.0. The summed E-state index contributed by atoms with van der Waals surface area (Å²) in [5, 5.41) is 26.5. The second-order valence-corrected chi connectivity index (χ2v) is 12.7. The summed E-state index contributed by atoms with van der Waals surface area (Å²) in [6.07, 6.45) is 7.51. The fourth-order valence-corrected chi connectivity index (χ4v) is 7.62. The Morgan fingerprint density at radius 1 is 1.21 bits per heavy atom. The van der Waals surface area contributed by atoms with Gasteiger partial charge in [-0.1, -0.05) is 30.1 Å². The topological polar surface area (TPSA) is 148 Å². The van der Waals surface area contributed by atoms with Crippen LogP contribution in [0.15, 0.2) is 47.7 Å². The van der Waals surface area contributed by atoms with E-state index < -0.39 is 29.9 Å². The molecule has 0 radical (unpaired) electrons. The number of fused-ring (bicyclic) bond motifs is 2. The number of alkyl halides is 1. The van der Waals surface area contributed by atoms with Crippen molar-refractivity contribution in [2.24, 2.45) is 22.9 Å². The van der Waals surface area contributed by atoms with Crippen molar-refractivity contribution in [2.75, 3.05) is 53.0 Å². The zero-order valence-electron chi connectivity index (χ0n) is 28.2. The Morgan fingerprint density at radius 3 is 2.62 bits per heavy atom. The predicted molar refractivity (Wildman–Crippen MR) is 181 cm³/mol. The molecule has 4 rings (SSSR count). The van der Waals surface area contributed by atoms with Crippen LogP contribution >= 0.6 is 11.6 Å². The van der Waals surface area contributed by atoms with Crippen LogP contribution in [-0.2, 0) is 14.3 Å². The normalized spacial score (nSPS) is 26.3. The fourth-order valence-electron chi connectivity index (χ4n) is 7.54. The van der Waals surface area contributed by atoms with Gasteiger partial charge in [-0.15, -0.1) is 18.2 Å². The molecule has 48 heavy (non-hydrogen) atoms. The Kier molecular flexibility index (Phi) is 14.0. The number of aliphatic hydroxyl groups is 2. The van der Waals surface area contributed by atoms with Gasteiger partial charge in [0.15, 0.2) is 0 Å². The maximum atomic E-state index is 13.4. The summed E-state index contributed by atoms with van der Waals surface area (Å²) in [5.74, 6) is -0.946. The van der Waals surface area contributed by atoms with Crippen LogP contribution in [0.1, 0.15) is 63.4 Å². The van der Waals surface area contributed by atoms with E-state index in [2.05, 4.69) is 23.1 Å². The molecular weight excluding hydrogens is 642 g/mol. The third kappa shape index (κ3) is 8.10. The molecule has 0 bridgehead atoms. The van der Waals surface area contributed by atoms with E-state index in [0.29, 0.717) is 36.6 Å². The number of carbonyl (C=O) groups is 2. The number of halogens is 1. The zero-order chi connectivity index (χ0) is 34.7. The van der Waals surface area contributed by atoms with Crippen LogP contribution in [0.3, 0.4) is 0 Å². The minimum absolute atomic E-state index is 0.0362. The highest BCUT2D eigenvalue weighted by atomic mass is 35.5. The smallest absolute Gasteiger partial charge is 0.412 e. The molecule has 0 unspecified atom stereocenters. The highest BCUT2D eigenvalue weighted by Gasteiger charge is 2.65. The van der Waals surface area contributed by atoms with Gasteiger partial charge in [-0.3, -0.25) is 0 Å². The molecule has 2 aliphatic carbocycles. The van der Waals surface area contributed by atoms with Gasteiger partial charge in [0.05, 0.1) is 24.1 Å². The second kappa shape index (κ2) is 17.9. The first kappa shape index (κ1) is 37.5. The van der Waals surface area contributed by atoms with Crippen LogP contribution in [0.4, 0.5) is 9.59 Å². The van der Waals surface area contributed by atoms with E-state index in [-0.39, 0.29) is 56.5 Å². The number of likely N-dealkylation sites (N-methyl/N-ethyl adjacent to an activating group) is 1. The maximum Gasteiger partial charge on any atom is 0.412 e. The van der Waals surface area contributed by atoms with E-state index in [1.807, 2.05) is 13.0 Å². The molecule has 1 aromatic rings. The molecule has 0 saturated heterocycles. The number of oxime groups is 1. The number of benzene rings is 1. The van der Waals surface area contributed by atoms with Crippen molar-refractivity contribution in [3.63, 3.8) is 0 Å². The summed E-state index contributed by atoms with van der Waals surface area (Å²) < 4.78 is 24.9. The van der Waals surface area contributed by atoms with Crippen LogP contribution in [0.2, 0.25) is 0 Å². The van der Waals surface area contributed by atoms with E-state index in [1.165, 1.54) is 12.0 Å². The van der Waals surface area contributed by atoms with E-state index in [0.717, 1.165) is 36.8 Å². The Balaban J connectivity index is 1.98. The third-order valence-electron chi connectivity index (χ3n) is 9.44. The molecule has 266 valence electrons. The predicted octanol–water partition coefficient (Wildman–Crippen LogP) is 5.37. The summed E-state index contributed by atoms with van der Waals surface area (Å²) in [6, 6.07) is 4.61. The summed E-state index contributed by atoms with van der Waals surface area (Å²) in [4.78, 5) is 32.8. The van der Waals surface area contributed by atoms with Crippen molar-refractivity contribution < 1.29 is 43.6 Å². The quantitative estimate of drug-likeness (QED) is 0.0849. The molecule has 1 heterocycles. The lowest BCUT2D eigenvalue weighted by molar-refractivity contribution is -0.253. The molecule has 0 spiro atoms. The number of amides is 2. The Bertz CT molecular complexity index is 1320. The standard InChI is InChI=1S/C35H50ClN3O9/c1-5-18-46-35-30(39(3)34(43)45-19-15-36)22-28(38-44-4)26-20-23(11-7-9-16-40)25(12-8-10-17-41)31(32(26)35)27-21-24(13-14-29(27)48-35)47-33(42)37-6-2/h5,13-14,20-21,23,25,30-32,40-41H,1,6-12,15-19,22H2,2-4H3,(H,37,42)/t23-,25+,30-,31+,32+,35+/m0/s1. The number of carbonyl (C=O) groups excluding carboxylic acids is 2. The number of hydrogen-bond acceptors (Lipinski definition) is 10. The van der Waals surface area contributed by atoms with Gasteiger partial charge in [-0.2, -0.15) is 0 Å². The molecule has 3 N–H and O–H groups in total. The highest BCUT2D eigenvalue weighted by Crippen LogP contribution is 2.61. The SMILES string of the molecule is C=CCO[C@@]12Oc3ccc(OC(=O)NCC)cc3[C@H]3[C@H](CCCCO)[C@@H](CCCCO)C=C(C(=NOC)C[C@@H]1N(C)C(=O)OCCCl)[C@H]32. The molecule has 2 amide bonds. The van der Waals surface area contributed by atoms with E-state index in [1.54, 1.807) is 25.3 Å². The summed E-state index contributed by atoms with van der Waals surface area (Å²) in [5.41, 5.74) is 2.41. The number of ether oxygens (including phenoxy) is 4. The lowest BCUT2D eigenvalue weighted by Crippen LogP contribution is -2.69. The fraction of sp³-hybridized carbons (Fsp3) is 0.629. The largest absolute Gasteiger partial charge is 0.459 e. The first-order chi connectivity index (χ1) is 23.3. The molecule has 13 heteroatoms. The average molecular weight is 692 g/mol. The third-order valence-corrected chi connectivity index (χ3v) is 9.59. The van der Waals surface area contributed by atoms with Gasteiger partial charge >= 0.3 is 12.2 Å². The van der Waals surface area contributed by atoms with Crippen molar-refractivity contribution in [2.45, 2.75) is 69.6 Å². The second-order valence-electron chi connectivity index (χ2n) is 12.3. The molecule has 1 aliphatic heterocycles. The van der Waals surface area contributed by atoms with Crippen molar-refractivity contribution in [1.29, 1.82) is 0 Å². The number of unbranched alkanes of at least 4 members (excludes halogenated alkanes) is 2. The van der Waals surface area contributed by atoms with Crippen LogP contribution in [0.25, 0.3) is 0 Å². The molecule has 12 nitrogen and oxygen atoms in total. The highest BCUT2D eigenvalue weighted by molar-refractivity contribution is 6.18. The van der Waals surface area contributed by atoms with Gasteiger partial charge < -0.3 is 44.2 Å². The number of rotatable bonds is 17. The van der Waals surface area contributed by atoms with Gasteiger partial charge in [0.25, 0.3) is 0 Å². The minimum Gasteiger partial charge on any atom is -0.459 e. The number of allylic oxidation sites excluding steroid dienone is 1. The van der Waals surface area contributed by atoms with Crippen molar-refractivity contribution in [1.82, 2.24) is 10.2 Å². The Morgan fingerprint density at radius 2 is 1.96 bits per heavy atom. The molecule has 3 aliphatic rings. The Hall–Kier alpha value is -3.32. The van der Waals surface area contributed by atoms with Crippen LogP contribution in [0, 0.1) is 17.8 Å². The van der Waals surface area contributed by atoms with Crippen molar-refractivity contribution in [3.05, 3.63) is 48.1 Å². The molecule has 1 saturated carbocycles. The summed E-state index contributed by atoms with van der Waals surface area (Å²) >= 11 is 5.85. The molecular formula is C35H50ClN3O9. The monoisotopic (exact) mass is 691 g/mol. The lowest BCUT2D eigenvalue weighted by Gasteiger charge is -2.59. The average Bonchev–Trinajstić information content (AvgIpc) is 3.08. The van der Waals surface area contributed by atoms with Gasteiger partial charge in [0.1, 0.15) is 31.3 Å². The van der Waals surface area contributed by atoms with Gasteiger partial charge in [0.2, 0.25) is 5.79 Å². The first-order valence-corrected chi connectivity index (χ1v) is 17.4. The van der Waals surface area contributed by atoms with E-state index in [9.17, 15) is 19.8 Å². The molecule has 6 atom stereocenters. The van der Waals surface area contributed by atoms with Gasteiger partial charge in [-0.25, -0.2) is 9.59 Å². The molecule has 1 fully saturated rings. The van der Waals surface area contributed by atoms with Crippen molar-refractivity contribution >= 4 is 29.5 Å². The summed E-state index contributed by atoms with van der Waals surface area (Å²) in [7, 11) is 3.14. The maximum absolute atomic E-state index is 13.4. The van der Waals surface area contributed by atoms with Crippen molar-refractivity contribution in [3.8, 4) is 11.5 Å².